The van der Waals surface area contributed by atoms with Crippen LogP contribution in [0.4, 0.5) is 0 Å². The minimum atomic E-state index is -3.03. The fourth-order valence-corrected chi connectivity index (χ4v) is 7.68. The Labute approximate surface area is 360 Å². The number of nitrogens with zero attached hydrogens (tertiary/aromatic N) is 1. The predicted molar refractivity (Wildman–Crippen MR) is 224 cm³/mol. The van der Waals surface area contributed by atoms with Gasteiger partial charge in [0.1, 0.15) is 23.4 Å². The predicted octanol–water partition coefficient (Wildman–Crippen LogP) is 1.01. The smallest absolute Gasteiger partial charge is 0.308 e. The summed E-state index contributed by atoms with van der Waals surface area (Å²) in [5.41, 5.74) is 10.9. The Balaban J connectivity index is 1.58. The van der Waals surface area contributed by atoms with E-state index in [2.05, 4.69) is 4.99 Å². The number of rotatable bonds is 16. The molecular formula is C45H47N3O15. The van der Waals surface area contributed by atoms with Crippen molar-refractivity contribution in [2.75, 3.05) is 19.8 Å². The number of hydrogen-bond acceptors (Lipinski definition) is 16. The maximum atomic E-state index is 15.0. The third-order valence-electron chi connectivity index (χ3n) is 10.7. The number of phenolic OH excluding ortho intramolecular Hbond substituents is 1. The van der Waals surface area contributed by atoms with Gasteiger partial charge in [0, 0.05) is 53.3 Å². The number of guanidine groups is 1. The van der Waals surface area contributed by atoms with E-state index >= 15 is 0 Å². The monoisotopic (exact) mass is 869 g/mol. The van der Waals surface area contributed by atoms with Crippen molar-refractivity contribution in [2.24, 2.45) is 16.5 Å². The van der Waals surface area contributed by atoms with Crippen LogP contribution in [-0.2, 0) is 40.3 Å². The number of ketones is 2. The van der Waals surface area contributed by atoms with Crippen LogP contribution in [0.25, 0.3) is 12.2 Å². The molecule has 4 aromatic carbocycles. The second-order valence-electron chi connectivity index (χ2n) is 14.9. The molecule has 1 heterocycles. The number of fused-ring (bicyclic) bond motifs is 2. The molecule has 0 amide bonds. The highest BCUT2D eigenvalue weighted by atomic mass is 16.7. The molecule has 1 aliphatic carbocycles. The molecule has 63 heavy (non-hydrogen) atoms. The Morgan fingerprint density at radius 2 is 1.62 bits per heavy atom. The van der Waals surface area contributed by atoms with Crippen molar-refractivity contribution in [3.63, 3.8) is 0 Å². The first kappa shape index (κ1) is 46.2. The number of esters is 1. The molecule has 11 N–H and O–H groups in total. The Hall–Kier alpha value is -6.35. The number of benzene rings is 4. The molecule has 1 aliphatic heterocycles. The van der Waals surface area contributed by atoms with Crippen LogP contribution in [-0.4, -0.2) is 116 Å². The van der Waals surface area contributed by atoms with E-state index in [9.17, 15) is 54.9 Å². The van der Waals surface area contributed by atoms with E-state index < -0.39 is 78.0 Å². The molecular weight excluding hydrogens is 823 g/mol. The first-order valence-electron chi connectivity index (χ1n) is 19.7. The van der Waals surface area contributed by atoms with Gasteiger partial charge in [0.05, 0.1) is 38.0 Å². The minimum Gasteiger partial charge on any atom is -0.507 e. The highest BCUT2D eigenvalue weighted by Crippen LogP contribution is 2.46. The van der Waals surface area contributed by atoms with Gasteiger partial charge in [-0.3, -0.25) is 24.2 Å². The van der Waals surface area contributed by atoms with Crippen molar-refractivity contribution in [1.29, 1.82) is 0 Å². The zero-order chi connectivity index (χ0) is 45.7. The highest BCUT2D eigenvalue weighted by molar-refractivity contribution is 6.31. The lowest BCUT2D eigenvalue weighted by Crippen LogP contribution is -2.67. The minimum absolute atomic E-state index is 0.0329. The summed E-state index contributed by atoms with van der Waals surface area (Å²) in [5, 5.41) is 75.4. The van der Waals surface area contributed by atoms with Crippen molar-refractivity contribution < 1.29 is 73.9 Å². The van der Waals surface area contributed by atoms with Crippen molar-refractivity contribution >= 4 is 41.9 Å². The van der Waals surface area contributed by atoms with Crippen LogP contribution in [0, 0.1) is 0 Å². The summed E-state index contributed by atoms with van der Waals surface area (Å²) >= 11 is 0. The molecule has 0 radical (unpaired) electrons. The molecule has 0 bridgehead atoms. The molecule has 0 unspecified atom stereocenters. The van der Waals surface area contributed by atoms with Gasteiger partial charge in [-0.1, -0.05) is 48.5 Å². The Morgan fingerprint density at radius 1 is 0.905 bits per heavy atom. The van der Waals surface area contributed by atoms with Crippen molar-refractivity contribution in [3.8, 4) is 17.2 Å². The van der Waals surface area contributed by atoms with Gasteiger partial charge in [0.25, 0.3) is 0 Å². The molecule has 1 saturated heterocycles. The third kappa shape index (κ3) is 9.38. The van der Waals surface area contributed by atoms with Crippen LogP contribution < -0.4 is 20.9 Å². The number of aliphatic hydroxyl groups excluding tert-OH is 4. The van der Waals surface area contributed by atoms with E-state index in [1.807, 2.05) is 6.07 Å². The average molecular weight is 870 g/mol. The normalized spacial score (nSPS) is 19.0. The zero-order valence-electron chi connectivity index (χ0n) is 34.2. The number of hydrogen-bond donors (Lipinski definition) is 9. The van der Waals surface area contributed by atoms with E-state index in [1.165, 1.54) is 31.2 Å². The van der Waals surface area contributed by atoms with Gasteiger partial charge in [-0.2, -0.15) is 0 Å². The Kier molecular flexibility index (Phi) is 14.2. The topological polar surface area (TPSA) is 311 Å². The fourth-order valence-electron chi connectivity index (χ4n) is 7.68. The molecule has 6 rings (SSSR count). The van der Waals surface area contributed by atoms with Crippen molar-refractivity contribution in [2.45, 2.75) is 70.3 Å². The summed E-state index contributed by atoms with van der Waals surface area (Å²) in [6, 6.07) is 14.0. The summed E-state index contributed by atoms with van der Waals surface area (Å²) in [5.74, 6) is -7.25. The SMILES string of the molecule is CC(=O)Oc1cc(CO)c2c(c1/C=C/c1cccc(CCO)c1)C(=O)c1cc(O[C@H]3O[C@@H](C)[C@@H](O)C(O)(O)[C@H]3OCCN=C(N)N)c(Cc3cccc(CO)c3C=O)c(O)c1C2=O. The maximum absolute atomic E-state index is 15.0. The number of aliphatic hydroxyl groups is 6. The summed E-state index contributed by atoms with van der Waals surface area (Å²) in [6.07, 6.45) is -3.47. The van der Waals surface area contributed by atoms with E-state index in [1.54, 1.807) is 30.3 Å². The lowest BCUT2D eigenvalue weighted by Gasteiger charge is -2.45. The van der Waals surface area contributed by atoms with Crippen molar-refractivity contribution in [1.82, 2.24) is 0 Å². The first-order valence-corrected chi connectivity index (χ1v) is 19.7. The van der Waals surface area contributed by atoms with Crippen LogP contribution in [0.2, 0.25) is 0 Å². The van der Waals surface area contributed by atoms with Crippen molar-refractivity contribution in [3.05, 3.63) is 121 Å². The van der Waals surface area contributed by atoms with E-state index in [0.29, 0.717) is 18.3 Å². The number of aldehydes is 1. The molecule has 4 atom stereocenters. The second-order valence-corrected chi connectivity index (χ2v) is 14.9. The molecule has 0 aromatic heterocycles. The maximum Gasteiger partial charge on any atom is 0.308 e. The van der Waals surface area contributed by atoms with E-state index in [4.69, 9.17) is 30.4 Å². The largest absolute Gasteiger partial charge is 0.507 e. The molecule has 0 saturated carbocycles. The summed E-state index contributed by atoms with van der Waals surface area (Å²) < 4.78 is 23.4. The third-order valence-corrected chi connectivity index (χ3v) is 10.7. The molecule has 2 aliphatic rings. The van der Waals surface area contributed by atoms with Crippen LogP contribution in [0.15, 0.2) is 59.6 Å². The number of nitrogens with two attached hydrogens (primary N) is 2. The molecule has 1 fully saturated rings. The summed E-state index contributed by atoms with van der Waals surface area (Å²) in [4.78, 5) is 58.3. The molecule has 332 valence electrons. The first-order chi connectivity index (χ1) is 30.0. The summed E-state index contributed by atoms with van der Waals surface area (Å²) in [7, 11) is 0. The van der Waals surface area contributed by atoms with Gasteiger partial charge < -0.3 is 66.2 Å². The molecule has 0 spiro atoms. The second kappa shape index (κ2) is 19.4. The Morgan fingerprint density at radius 3 is 2.29 bits per heavy atom. The Bertz CT molecular complexity index is 2490. The van der Waals surface area contributed by atoms with Crippen LogP contribution in [0.5, 0.6) is 17.2 Å². The highest BCUT2D eigenvalue weighted by Gasteiger charge is 2.56. The number of phenols is 1. The number of aliphatic imine (C=N–C) groups is 1. The van der Waals surface area contributed by atoms with E-state index in [0.717, 1.165) is 18.6 Å². The van der Waals surface area contributed by atoms with Gasteiger partial charge in [-0.05, 0) is 59.4 Å². The van der Waals surface area contributed by atoms with E-state index in [-0.39, 0.29) is 88.1 Å². The molecule has 18 nitrogen and oxygen atoms in total. The number of carbonyl (C=O) groups is 4. The van der Waals surface area contributed by atoms with Crippen LogP contribution in [0.3, 0.4) is 0 Å². The quantitative estimate of drug-likeness (QED) is 0.00977. The summed E-state index contributed by atoms with van der Waals surface area (Å²) in [6.45, 7) is 0.487. The van der Waals surface area contributed by atoms with Gasteiger partial charge in [-0.15, -0.1) is 0 Å². The lowest BCUT2D eigenvalue weighted by molar-refractivity contribution is -0.378. The standard InChI is InChI=1S/C45H47N3O15/c1-22-41(57)45(58,59)42(60-14-12-48-44(46)47)43(61-22)63-34-18-31-37(38(54)30(34)16-26-7-4-8-27(19-50)32(26)21-52)40(56)35-28(20-51)17-33(62-23(2)53)29(36(35)39(31)55)10-9-24-5-3-6-25(15-24)11-13-49/h3-10,15,17-18,21-22,41-43,49-51,54,57-59H,11-14,16,19-20H2,1-2H3,(H4,46,47,48)/b10-9+/t22-,41+,42-,43+/m0/s1. The van der Waals surface area contributed by atoms with Gasteiger partial charge in [-0.25, -0.2) is 0 Å². The van der Waals surface area contributed by atoms with Gasteiger partial charge >= 0.3 is 5.97 Å². The number of ether oxygens (including phenoxy) is 4. The average Bonchev–Trinajstić information content (AvgIpc) is 3.24. The lowest BCUT2D eigenvalue weighted by atomic mass is 9.77. The zero-order valence-corrected chi connectivity index (χ0v) is 34.2. The number of aromatic hydroxyl groups is 1. The molecule has 4 aromatic rings. The fraction of sp³-hybridized carbons (Fsp3) is 0.311. The van der Waals surface area contributed by atoms with Crippen LogP contribution in [0.1, 0.15) is 95.0 Å². The van der Waals surface area contributed by atoms with Gasteiger partial charge in [0.2, 0.25) is 12.1 Å². The van der Waals surface area contributed by atoms with Crippen LogP contribution >= 0.6 is 0 Å². The number of carbonyl (C=O) groups excluding carboxylic acids is 4. The van der Waals surface area contributed by atoms with Gasteiger partial charge in [0.15, 0.2) is 29.9 Å². The molecule has 18 heteroatoms.